The molecule has 132 valence electrons. The number of nitrogens with zero attached hydrogens (tertiary/aromatic N) is 2. The van der Waals surface area contributed by atoms with E-state index in [-0.39, 0.29) is 11.1 Å². The number of carbonyl (C=O) groups is 2. The van der Waals surface area contributed by atoms with Crippen molar-refractivity contribution in [1.82, 2.24) is 4.57 Å². The molecule has 0 spiro atoms. The van der Waals surface area contributed by atoms with Crippen molar-refractivity contribution in [3.05, 3.63) is 89.8 Å². The zero-order valence-electron chi connectivity index (χ0n) is 14.2. The van der Waals surface area contributed by atoms with Gasteiger partial charge in [0.1, 0.15) is 11.6 Å². The molecule has 2 aromatic carbocycles. The summed E-state index contributed by atoms with van der Waals surface area (Å²) < 4.78 is 1.71. The molecule has 3 aromatic rings. The number of aromatic nitrogens is 1. The molecule has 27 heavy (non-hydrogen) atoms. The lowest BCUT2D eigenvalue weighted by atomic mass is 10.2. The van der Waals surface area contributed by atoms with Gasteiger partial charge in [-0.1, -0.05) is 24.3 Å². The third-order valence-corrected chi connectivity index (χ3v) is 3.84. The van der Waals surface area contributed by atoms with Crippen molar-refractivity contribution in [3.63, 3.8) is 0 Å². The molecule has 6 heteroatoms. The molecule has 0 aliphatic rings. The number of carbonyl (C=O) groups excluding carboxylic acids is 1. The van der Waals surface area contributed by atoms with Crippen LogP contribution in [0.4, 0.5) is 5.69 Å². The first kappa shape index (κ1) is 17.7. The highest BCUT2D eigenvalue weighted by Gasteiger charge is 2.12. The number of nitriles is 1. The lowest BCUT2D eigenvalue weighted by Crippen LogP contribution is -2.13. The molecule has 0 unspecified atom stereocenters. The van der Waals surface area contributed by atoms with Gasteiger partial charge >= 0.3 is 5.97 Å². The van der Waals surface area contributed by atoms with Crippen molar-refractivity contribution in [2.24, 2.45) is 0 Å². The molecule has 1 heterocycles. The summed E-state index contributed by atoms with van der Waals surface area (Å²) in [5, 5.41) is 21.2. The lowest BCUT2D eigenvalue weighted by molar-refractivity contribution is -0.112. The first-order valence-corrected chi connectivity index (χ1v) is 8.08. The third kappa shape index (κ3) is 4.11. The standard InChI is InChI=1S/C21H15N3O3/c22-14-16(20(25)23-17-7-2-1-3-8-17)13-19-10-5-11-24(19)18-9-4-6-15(12-18)21(26)27/h1-13H,(H,23,25)(H,26,27)/b16-13+. The van der Waals surface area contributed by atoms with E-state index in [2.05, 4.69) is 5.32 Å². The molecule has 3 rings (SSSR count). The maximum absolute atomic E-state index is 12.4. The summed E-state index contributed by atoms with van der Waals surface area (Å²) in [5.74, 6) is -1.54. The van der Waals surface area contributed by atoms with Crippen LogP contribution >= 0.6 is 0 Å². The van der Waals surface area contributed by atoms with Crippen LogP contribution in [0, 0.1) is 11.3 Å². The molecule has 1 amide bonds. The highest BCUT2D eigenvalue weighted by atomic mass is 16.4. The second kappa shape index (κ2) is 7.85. The highest BCUT2D eigenvalue weighted by molar-refractivity contribution is 6.09. The van der Waals surface area contributed by atoms with E-state index in [1.54, 1.807) is 59.3 Å². The largest absolute Gasteiger partial charge is 0.478 e. The summed E-state index contributed by atoms with van der Waals surface area (Å²) >= 11 is 0. The van der Waals surface area contributed by atoms with Gasteiger partial charge in [0.15, 0.2) is 0 Å². The van der Waals surface area contributed by atoms with Gasteiger partial charge in [0.25, 0.3) is 5.91 Å². The van der Waals surface area contributed by atoms with Crippen LogP contribution in [0.2, 0.25) is 0 Å². The number of nitrogens with one attached hydrogen (secondary N) is 1. The molecule has 0 radical (unpaired) electrons. The SMILES string of the molecule is N#C/C(=C\c1cccn1-c1cccc(C(=O)O)c1)C(=O)Nc1ccccc1. The minimum absolute atomic E-state index is 0.0619. The van der Waals surface area contributed by atoms with E-state index in [1.165, 1.54) is 18.2 Å². The molecule has 0 bridgehead atoms. The molecular weight excluding hydrogens is 342 g/mol. The minimum Gasteiger partial charge on any atom is -0.478 e. The van der Waals surface area contributed by atoms with Crippen molar-refractivity contribution >= 4 is 23.6 Å². The fourth-order valence-electron chi connectivity index (χ4n) is 2.55. The average Bonchev–Trinajstić information content (AvgIpc) is 3.15. The van der Waals surface area contributed by atoms with Crippen LogP contribution in [-0.4, -0.2) is 21.6 Å². The molecule has 2 N–H and O–H groups in total. The maximum Gasteiger partial charge on any atom is 0.335 e. The number of hydrogen-bond acceptors (Lipinski definition) is 3. The van der Waals surface area contributed by atoms with Gasteiger partial charge in [-0.25, -0.2) is 4.79 Å². The second-order valence-corrected chi connectivity index (χ2v) is 5.65. The quantitative estimate of drug-likeness (QED) is 0.537. The van der Waals surface area contributed by atoms with Crippen LogP contribution in [0.15, 0.2) is 78.5 Å². The normalized spacial score (nSPS) is 10.9. The summed E-state index contributed by atoms with van der Waals surface area (Å²) in [5.41, 5.74) is 1.88. The van der Waals surface area contributed by atoms with Crippen molar-refractivity contribution < 1.29 is 14.7 Å². The topological polar surface area (TPSA) is 95.1 Å². The van der Waals surface area contributed by atoms with Crippen molar-refractivity contribution in [2.75, 3.05) is 5.32 Å². The van der Waals surface area contributed by atoms with Gasteiger partial charge in [-0.3, -0.25) is 4.79 Å². The Morgan fingerprint density at radius 2 is 1.81 bits per heavy atom. The Labute approximate surface area is 155 Å². The number of hydrogen-bond donors (Lipinski definition) is 2. The summed E-state index contributed by atoms with van der Waals surface area (Å²) in [6.07, 6.45) is 3.20. The van der Waals surface area contributed by atoms with Gasteiger partial charge < -0.3 is 15.0 Å². The maximum atomic E-state index is 12.4. The number of anilines is 1. The second-order valence-electron chi connectivity index (χ2n) is 5.65. The zero-order valence-corrected chi connectivity index (χ0v) is 14.2. The molecule has 6 nitrogen and oxygen atoms in total. The van der Waals surface area contributed by atoms with Gasteiger partial charge in [-0.15, -0.1) is 0 Å². The predicted octanol–water partition coefficient (Wildman–Crippen LogP) is 3.72. The number of amides is 1. The van der Waals surface area contributed by atoms with Crippen molar-refractivity contribution in [1.29, 1.82) is 5.26 Å². The van der Waals surface area contributed by atoms with Gasteiger partial charge in [-0.05, 0) is 48.5 Å². The van der Waals surface area contributed by atoms with Crippen LogP contribution < -0.4 is 5.32 Å². The molecular formula is C21H15N3O3. The zero-order chi connectivity index (χ0) is 19.2. The van der Waals surface area contributed by atoms with Gasteiger partial charge in [0.05, 0.1) is 5.56 Å². The summed E-state index contributed by atoms with van der Waals surface area (Å²) in [7, 11) is 0. The summed E-state index contributed by atoms with van der Waals surface area (Å²) in [4.78, 5) is 23.5. The highest BCUT2D eigenvalue weighted by Crippen LogP contribution is 2.18. The van der Waals surface area contributed by atoms with Crippen LogP contribution in [0.25, 0.3) is 11.8 Å². The molecule has 1 aromatic heterocycles. The summed E-state index contributed by atoms with van der Waals surface area (Å²) in [6.45, 7) is 0. The number of para-hydroxylation sites is 1. The molecule has 0 fully saturated rings. The van der Waals surface area contributed by atoms with E-state index in [0.717, 1.165) is 0 Å². The Bertz CT molecular complexity index is 1060. The number of carboxylic acid groups (broad SMARTS) is 1. The predicted molar refractivity (Wildman–Crippen MR) is 101 cm³/mol. The Hall–Kier alpha value is -4.11. The van der Waals surface area contributed by atoms with Gasteiger partial charge in [0, 0.05) is 23.3 Å². The lowest BCUT2D eigenvalue weighted by Gasteiger charge is -2.08. The number of carboxylic acids is 1. The minimum atomic E-state index is -1.03. The Kier molecular flexibility index (Phi) is 5.15. The number of rotatable bonds is 5. The third-order valence-electron chi connectivity index (χ3n) is 3.84. The summed E-state index contributed by atoms with van der Waals surface area (Å²) in [6, 6.07) is 20.7. The molecule has 0 aliphatic heterocycles. The fraction of sp³-hybridized carbons (Fsp3) is 0. The molecule has 0 atom stereocenters. The molecule has 0 saturated carbocycles. The Balaban J connectivity index is 1.92. The van der Waals surface area contributed by atoms with E-state index >= 15 is 0 Å². The Morgan fingerprint density at radius 3 is 2.52 bits per heavy atom. The molecule has 0 aliphatic carbocycles. The van der Waals surface area contributed by atoms with E-state index < -0.39 is 11.9 Å². The fourth-order valence-corrected chi connectivity index (χ4v) is 2.55. The average molecular weight is 357 g/mol. The van der Waals surface area contributed by atoms with Crippen LogP contribution in [-0.2, 0) is 4.79 Å². The van der Waals surface area contributed by atoms with Crippen LogP contribution in [0.3, 0.4) is 0 Å². The van der Waals surface area contributed by atoms with Crippen molar-refractivity contribution in [3.8, 4) is 11.8 Å². The molecule has 0 saturated heterocycles. The number of benzene rings is 2. The van der Waals surface area contributed by atoms with E-state index in [9.17, 15) is 14.9 Å². The smallest absolute Gasteiger partial charge is 0.335 e. The Morgan fingerprint density at radius 1 is 1.04 bits per heavy atom. The van der Waals surface area contributed by atoms with Crippen LogP contribution in [0.1, 0.15) is 16.1 Å². The van der Waals surface area contributed by atoms with Crippen LogP contribution in [0.5, 0.6) is 0 Å². The van der Waals surface area contributed by atoms with Crippen molar-refractivity contribution in [2.45, 2.75) is 0 Å². The first-order valence-electron chi connectivity index (χ1n) is 8.08. The first-order chi connectivity index (χ1) is 13.1. The van der Waals surface area contributed by atoms with Gasteiger partial charge in [0.2, 0.25) is 0 Å². The van der Waals surface area contributed by atoms with E-state index in [0.29, 0.717) is 17.1 Å². The van der Waals surface area contributed by atoms with E-state index in [1.807, 2.05) is 12.1 Å². The number of aromatic carboxylic acids is 1. The van der Waals surface area contributed by atoms with Gasteiger partial charge in [-0.2, -0.15) is 5.26 Å². The monoisotopic (exact) mass is 357 g/mol. The van der Waals surface area contributed by atoms with E-state index in [4.69, 9.17) is 5.11 Å².